The van der Waals surface area contributed by atoms with Crippen LogP contribution in [0.3, 0.4) is 0 Å². The van der Waals surface area contributed by atoms with E-state index in [0.717, 1.165) is 54.2 Å². The largest absolute Gasteiger partial charge is 0.461 e. The van der Waals surface area contributed by atoms with E-state index in [4.69, 9.17) is 4.42 Å². The molecule has 2 aromatic rings. The number of pyridine rings is 1. The molecular weight excluding hydrogens is 284 g/mol. The normalized spacial score (nSPS) is 21.9. The molecule has 0 aliphatic carbocycles. The summed E-state index contributed by atoms with van der Waals surface area (Å²) < 4.78 is 18.1. The maximum atomic E-state index is 12.5. The average molecular weight is 306 g/mol. The fourth-order valence-corrected chi connectivity index (χ4v) is 4.98. The Labute approximate surface area is 128 Å². The summed E-state index contributed by atoms with van der Waals surface area (Å²) in [7, 11) is -0.753. The first-order chi connectivity index (χ1) is 10.1. The predicted octanol–water partition coefficient (Wildman–Crippen LogP) is 3.26. The fraction of sp³-hybridized carbons (Fsp3) is 0.562. The monoisotopic (exact) mass is 306 g/mol. The van der Waals surface area contributed by atoms with Gasteiger partial charge in [0.1, 0.15) is 17.2 Å². The zero-order chi connectivity index (χ0) is 15.0. The molecule has 21 heavy (non-hydrogen) atoms. The van der Waals surface area contributed by atoms with Gasteiger partial charge in [-0.15, -0.1) is 0 Å². The molecule has 1 fully saturated rings. The molecule has 4 nitrogen and oxygen atoms in total. The van der Waals surface area contributed by atoms with Gasteiger partial charge in [-0.25, -0.2) is 4.98 Å². The topological polar surface area (TPSA) is 46.3 Å². The minimum Gasteiger partial charge on any atom is -0.461 e. The van der Waals surface area contributed by atoms with Crippen molar-refractivity contribution in [2.45, 2.75) is 38.4 Å². The maximum Gasteiger partial charge on any atom is 0.139 e. The van der Waals surface area contributed by atoms with E-state index in [1.165, 1.54) is 0 Å². The number of hydrogen-bond donors (Lipinski definition) is 0. The molecule has 0 aromatic carbocycles. The zero-order valence-electron chi connectivity index (χ0n) is 12.9. The molecule has 3 rings (SSSR count). The lowest BCUT2D eigenvalue weighted by molar-refractivity contribution is 0.495. The minimum absolute atomic E-state index is 0.110. The Balaban J connectivity index is 2.01. The number of anilines is 1. The van der Waals surface area contributed by atoms with Crippen molar-refractivity contribution in [3.8, 4) is 0 Å². The van der Waals surface area contributed by atoms with Gasteiger partial charge in [-0.05, 0) is 31.9 Å². The molecule has 1 unspecified atom stereocenters. The van der Waals surface area contributed by atoms with Crippen LogP contribution < -0.4 is 4.90 Å². The van der Waals surface area contributed by atoms with Crippen LogP contribution in [0.4, 0.5) is 5.82 Å². The Morgan fingerprint density at radius 2 is 2.19 bits per heavy atom. The van der Waals surface area contributed by atoms with Crippen LogP contribution in [0.5, 0.6) is 0 Å². The van der Waals surface area contributed by atoms with E-state index < -0.39 is 10.8 Å². The summed E-state index contributed by atoms with van der Waals surface area (Å²) in [6.45, 7) is 7.84. The van der Waals surface area contributed by atoms with Crippen LogP contribution in [0, 0.1) is 6.92 Å². The number of rotatable bonds is 3. The second-order valence-corrected chi connectivity index (χ2v) is 7.73. The van der Waals surface area contributed by atoms with E-state index >= 15 is 0 Å². The van der Waals surface area contributed by atoms with Gasteiger partial charge >= 0.3 is 0 Å². The summed E-state index contributed by atoms with van der Waals surface area (Å²) in [5.41, 5.74) is 0.878. The quantitative estimate of drug-likeness (QED) is 0.873. The van der Waals surface area contributed by atoms with E-state index in [2.05, 4.69) is 23.7 Å². The molecule has 0 spiro atoms. The van der Waals surface area contributed by atoms with Gasteiger partial charge in [0.15, 0.2) is 0 Å². The Morgan fingerprint density at radius 3 is 2.90 bits per heavy atom. The molecule has 1 aliphatic heterocycles. The molecular formula is C16H22N2O2S. The second-order valence-electron chi connectivity index (χ2n) is 5.76. The molecule has 0 saturated carbocycles. The van der Waals surface area contributed by atoms with Crippen LogP contribution in [0.2, 0.25) is 0 Å². The summed E-state index contributed by atoms with van der Waals surface area (Å²) in [5, 5.41) is 1.06. The molecule has 3 heterocycles. The molecule has 1 atom stereocenters. The van der Waals surface area contributed by atoms with Gasteiger partial charge in [-0.1, -0.05) is 13.8 Å². The Kier molecular flexibility index (Phi) is 3.78. The standard InChI is InChI=1S/C16H22N2O2S/c1-4-16(5-2)11-18(8-9-21(16)19)15-13-10-12(3)20-14(13)6-7-17-15/h6-7,10H,4-5,8-9,11H2,1-3H3. The summed E-state index contributed by atoms with van der Waals surface area (Å²) in [5.74, 6) is 2.58. The van der Waals surface area contributed by atoms with Crippen molar-refractivity contribution >= 4 is 27.6 Å². The molecule has 1 saturated heterocycles. The summed E-state index contributed by atoms with van der Waals surface area (Å²) >= 11 is 0. The molecule has 2 aromatic heterocycles. The van der Waals surface area contributed by atoms with Gasteiger partial charge in [0.25, 0.3) is 0 Å². The lowest BCUT2D eigenvalue weighted by Crippen LogP contribution is -2.53. The van der Waals surface area contributed by atoms with E-state index in [-0.39, 0.29) is 4.75 Å². The van der Waals surface area contributed by atoms with Crippen LogP contribution in [-0.2, 0) is 10.8 Å². The predicted molar refractivity (Wildman–Crippen MR) is 87.3 cm³/mol. The van der Waals surface area contributed by atoms with Crippen LogP contribution in [0.25, 0.3) is 11.0 Å². The zero-order valence-corrected chi connectivity index (χ0v) is 13.7. The third-order valence-electron chi connectivity index (χ3n) is 4.64. The number of furan rings is 1. The fourth-order valence-electron chi connectivity index (χ4n) is 3.21. The van der Waals surface area contributed by atoms with Crippen molar-refractivity contribution in [1.82, 2.24) is 4.98 Å². The van der Waals surface area contributed by atoms with Gasteiger partial charge in [-0.2, -0.15) is 0 Å². The third-order valence-corrected chi connectivity index (χ3v) is 6.87. The van der Waals surface area contributed by atoms with Crippen LogP contribution in [0.15, 0.2) is 22.7 Å². The SMILES string of the molecule is CCC1(CC)CN(c2nccc3oc(C)cc23)CCS1=O. The van der Waals surface area contributed by atoms with Crippen molar-refractivity contribution in [2.24, 2.45) is 0 Å². The molecule has 0 amide bonds. The number of fused-ring (bicyclic) bond motifs is 1. The van der Waals surface area contributed by atoms with Crippen LogP contribution in [-0.4, -0.2) is 32.8 Å². The first kappa shape index (κ1) is 14.6. The summed E-state index contributed by atoms with van der Waals surface area (Å²) in [6, 6.07) is 3.95. The molecule has 1 aliphatic rings. The summed E-state index contributed by atoms with van der Waals surface area (Å²) in [6.07, 6.45) is 3.67. The lowest BCUT2D eigenvalue weighted by Gasteiger charge is -2.41. The van der Waals surface area contributed by atoms with E-state index in [9.17, 15) is 4.21 Å². The highest BCUT2D eigenvalue weighted by Gasteiger charge is 2.39. The number of aryl methyl sites for hydroxylation is 1. The highest BCUT2D eigenvalue weighted by atomic mass is 32.2. The van der Waals surface area contributed by atoms with E-state index in [0.29, 0.717) is 0 Å². The van der Waals surface area contributed by atoms with Crippen LogP contribution in [0.1, 0.15) is 32.4 Å². The Bertz CT molecular complexity index is 676. The summed E-state index contributed by atoms with van der Waals surface area (Å²) in [4.78, 5) is 6.85. The van der Waals surface area contributed by atoms with Crippen LogP contribution >= 0.6 is 0 Å². The number of nitrogens with zero attached hydrogens (tertiary/aromatic N) is 2. The highest BCUT2D eigenvalue weighted by Crippen LogP contribution is 2.34. The van der Waals surface area contributed by atoms with Crippen molar-refractivity contribution < 1.29 is 8.63 Å². The van der Waals surface area contributed by atoms with Gasteiger partial charge in [0, 0.05) is 35.8 Å². The molecule has 0 bridgehead atoms. The Hall–Kier alpha value is -1.36. The van der Waals surface area contributed by atoms with Gasteiger partial charge in [-0.3, -0.25) is 4.21 Å². The van der Waals surface area contributed by atoms with Gasteiger partial charge in [0.05, 0.1) is 10.1 Å². The van der Waals surface area contributed by atoms with E-state index in [1.807, 2.05) is 19.1 Å². The van der Waals surface area contributed by atoms with Gasteiger partial charge in [0.2, 0.25) is 0 Å². The van der Waals surface area contributed by atoms with Crippen molar-refractivity contribution in [2.75, 3.05) is 23.7 Å². The van der Waals surface area contributed by atoms with Crippen molar-refractivity contribution in [3.63, 3.8) is 0 Å². The van der Waals surface area contributed by atoms with Crippen molar-refractivity contribution in [3.05, 3.63) is 24.1 Å². The number of aromatic nitrogens is 1. The number of hydrogen-bond acceptors (Lipinski definition) is 4. The first-order valence-electron chi connectivity index (χ1n) is 7.58. The molecule has 5 heteroatoms. The molecule has 0 N–H and O–H groups in total. The highest BCUT2D eigenvalue weighted by molar-refractivity contribution is 7.86. The lowest BCUT2D eigenvalue weighted by atomic mass is 10.0. The second kappa shape index (κ2) is 5.44. The molecule has 114 valence electrons. The average Bonchev–Trinajstić information content (AvgIpc) is 2.88. The van der Waals surface area contributed by atoms with E-state index in [1.54, 1.807) is 6.20 Å². The maximum absolute atomic E-state index is 12.5. The smallest absolute Gasteiger partial charge is 0.139 e. The molecule has 0 radical (unpaired) electrons. The Morgan fingerprint density at radius 1 is 1.43 bits per heavy atom. The first-order valence-corrected chi connectivity index (χ1v) is 8.90. The van der Waals surface area contributed by atoms with Gasteiger partial charge < -0.3 is 9.32 Å². The van der Waals surface area contributed by atoms with Crippen molar-refractivity contribution in [1.29, 1.82) is 0 Å². The third kappa shape index (κ3) is 2.37. The minimum atomic E-state index is -0.753.